The molecule has 0 aromatic carbocycles. The van der Waals surface area contributed by atoms with Crippen molar-refractivity contribution in [3.8, 4) is 0 Å². The highest BCUT2D eigenvalue weighted by molar-refractivity contribution is 5.27. The minimum absolute atomic E-state index is 0.134. The standard InChI is InChI=1S/C7H12N2/c1-5-2-6(8)4-7(9)3-5/h2-3,6H,4,8-9H2,1H3. The molecule has 0 aromatic heterocycles. The van der Waals surface area contributed by atoms with Crippen LogP contribution in [-0.2, 0) is 0 Å². The minimum atomic E-state index is 0.134. The van der Waals surface area contributed by atoms with E-state index in [-0.39, 0.29) is 6.04 Å². The van der Waals surface area contributed by atoms with Crippen LogP contribution in [0.4, 0.5) is 0 Å². The Kier molecular flexibility index (Phi) is 1.58. The molecular formula is C7H12N2. The fraction of sp³-hybridized carbons (Fsp3) is 0.429. The largest absolute Gasteiger partial charge is 0.402 e. The van der Waals surface area contributed by atoms with Gasteiger partial charge in [0, 0.05) is 18.2 Å². The molecular weight excluding hydrogens is 112 g/mol. The second-order valence-electron chi connectivity index (χ2n) is 2.50. The highest BCUT2D eigenvalue weighted by Gasteiger charge is 2.05. The summed E-state index contributed by atoms with van der Waals surface area (Å²) in [4.78, 5) is 0. The summed E-state index contributed by atoms with van der Waals surface area (Å²) >= 11 is 0. The van der Waals surface area contributed by atoms with Gasteiger partial charge in [-0.1, -0.05) is 11.6 Å². The van der Waals surface area contributed by atoms with Gasteiger partial charge >= 0.3 is 0 Å². The van der Waals surface area contributed by atoms with E-state index in [1.807, 2.05) is 19.1 Å². The molecule has 0 radical (unpaired) electrons. The van der Waals surface area contributed by atoms with Gasteiger partial charge in [0.05, 0.1) is 0 Å². The molecule has 0 aromatic rings. The first kappa shape index (κ1) is 6.36. The van der Waals surface area contributed by atoms with Crippen LogP contribution in [0.15, 0.2) is 23.4 Å². The molecule has 1 atom stereocenters. The number of hydrogen-bond donors (Lipinski definition) is 2. The van der Waals surface area contributed by atoms with Gasteiger partial charge in [-0.05, 0) is 13.0 Å². The Morgan fingerprint density at radius 3 is 2.78 bits per heavy atom. The van der Waals surface area contributed by atoms with Crippen molar-refractivity contribution < 1.29 is 0 Å². The number of nitrogens with two attached hydrogens (primary N) is 2. The summed E-state index contributed by atoms with van der Waals surface area (Å²) < 4.78 is 0. The van der Waals surface area contributed by atoms with E-state index >= 15 is 0 Å². The van der Waals surface area contributed by atoms with Crippen molar-refractivity contribution in [3.63, 3.8) is 0 Å². The topological polar surface area (TPSA) is 52.0 Å². The zero-order valence-corrected chi connectivity index (χ0v) is 5.59. The molecule has 0 saturated heterocycles. The van der Waals surface area contributed by atoms with Crippen molar-refractivity contribution in [3.05, 3.63) is 23.4 Å². The summed E-state index contributed by atoms with van der Waals surface area (Å²) in [5.41, 5.74) is 13.2. The molecule has 2 nitrogen and oxygen atoms in total. The molecule has 2 heteroatoms. The molecule has 0 spiro atoms. The van der Waals surface area contributed by atoms with Crippen LogP contribution in [0.1, 0.15) is 13.3 Å². The van der Waals surface area contributed by atoms with Gasteiger partial charge in [-0.25, -0.2) is 0 Å². The van der Waals surface area contributed by atoms with Crippen LogP contribution in [0.25, 0.3) is 0 Å². The van der Waals surface area contributed by atoms with Crippen molar-refractivity contribution in [2.75, 3.05) is 0 Å². The van der Waals surface area contributed by atoms with E-state index in [0.29, 0.717) is 0 Å². The molecule has 0 aliphatic heterocycles. The number of rotatable bonds is 0. The highest BCUT2D eigenvalue weighted by atomic mass is 14.7. The van der Waals surface area contributed by atoms with Gasteiger partial charge in [0.15, 0.2) is 0 Å². The fourth-order valence-corrected chi connectivity index (χ4v) is 1.07. The van der Waals surface area contributed by atoms with Gasteiger partial charge in [0.25, 0.3) is 0 Å². The van der Waals surface area contributed by atoms with Crippen molar-refractivity contribution in [1.82, 2.24) is 0 Å². The third-order valence-corrected chi connectivity index (χ3v) is 1.36. The highest BCUT2D eigenvalue weighted by Crippen LogP contribution is 2.11. The third-order valence-electron chi connectivity index (χ3n) is 1.36. The van der Waals surface area contributed by atoms with Crippen molar-refractivity contribution in [2.45, 2.75) is 19.4 Å². The lowest BCUT2D eigenvalue weighted by Gasteiger charge is -2.12. The maximum atomic E-state index is 5.62. The first-order chi connectivity index (χ1) is 4.18. The molecule has 9 heavy (non-hydrogen) atoms. The lowest BCUT2D eigenvalue weighted by Crippen LogP contribution is -2.22. The van der Waals surface area contributed by atoms with E-state index < -0.39 is 0 Å². The SMILES string of the molecule is CC1=CC(N)CC(N)=C1. The molecule has 0 amide bonds. The lowest BCUT2D eigenvalue weighted by atomic mass is 10.0. The Labute approximate surface area is 55.2 Å². The monoisotopic (exact) mass is 124 g/mol. The predicted molar refractivity (Wildman–Crippen MR) is 38.6 cm³/mol. The molecule has 50 valence electrons. The second-order valence-corrected chi connectivity index (χ2v) is 2.50. The fourth-order valence-electron chi connectivity index (χ4n) is 1.07. The molecule has 1 rings (SSSR count). The number of hydrogen-bond acceptors (Lipinski definition) is 2. The van der Waals surface area contributed by atoms with Gasteiger partial charge in [0.1, 0.15) is 0 Å². The quantitative estimate of drug-likeness (QED) is 0.494. The molecule has 1 unspecified atom stereocenters. The summed E-state index contributed by atoms with van der Waals surface area (Å²) in [5.74, 6) is 0. The second kappa shape index (κ2) is 2.23. The molecule has 1 aliphatic rings. The third kappa shape index (κ3) is 1.57. The minimum Gasteiger partial charge on any atom is -0.402 e. The maximum absolute atomic E-state index is 5.62. The van der Waals surface area contributed by atoms with Crippen LogP contribution < -0.4 is 11.5 Å². The van der Waals surface area contributed by atoms with Crippen LogP contribution >= 0.6 is 0 Å². The molecule has 0 bridgehead atoms. The average molecular weight is 124 g/mol. The molecule has 1 aliphatic carbocycles. The number of allylic oxidation sites excluding steroid dienone is 2. The summed E-state index contributed by atoms with van der Waals surface area (Å²) in [5, 5.41) is 0. The van der Waals surface area contributed by atoms with Gasteiger partial charge in [-0.3, -0.25) is 0 Å². The van der Waals surface area contributed by atoms with E-state index in [1.165, 1.54) is 5.57 Å². The predicted octanol–water partition coefficient (Wildman–Crippen LogP) is 0.506. The summed E-state index contributed by atoms with van der Waals surface area (Å²) in [6, 6.07) is 0.134. The maximum Gasteiger partial charge on any atom is 0.0284 e. The molecule has 0 heterocycles. The van der Waals surface area contributed by atoms with E-state index in [9.17, 15) is 0 Å². The van der Waals surface area contributed by atoms with Crippen LogP contribution in [0.5, 0.6) is 0 Å². The van der Waals surface area contributed by atoms with E-state index in [2.05, 4.69) is 0 Å². The molecule has 0 fully saturated rings. The first-order valence-electron chi connectivity index (χ1n) is 3.08. The van der Waals surface area contributed by atoms with Crippen molar-refractivity contribution >= 4 is 0 Å². The van der Waals surface area contributed by atoms with Gasteiger partial charge < -0.3 is 11.5 Å². The Hall–Kier alpha value is -0.760. The summed E-state index contributed by atoms with van der Waals surface area (Å²) in [6.07, 6.45) is 4.79. The summed E-state index contributed by atoms with van der Waals surface area (Å²) in [7, 11) is 0. The van der Waals surface area contributed by atoms with E-state index in [4.69, 9.17) is 11.5 Å². The van der Waals surface area contributed by atoms with E-state index in [0.717, 1.165) is 12.1 Å². The Balaban J connectivity index is 2.74. The van der Waals surface area contributed by atoms with Crippen LogP contribution in [0.2, 0.25) is 0 Å². The summed E-state index contributed by atoms with van der Waals surface area (Å²) in [6.45, 7) is 2.01. The van der Waals surface area contributed by atoms with Crippen LogP contribution in [0, 0.1) is 0 Å². The Morgan fingerprint density at radius 1 is 1.67 bits per heavy atom. The molecule has 4 N–H and O–H groups in total. The van der Waals surface area contributed by atoms with Gasteiger partial charge in [-0.15, -0.1) is 0 Å². The average Bonchev–Trinajstić information content (AvgIpc) is 1.59. The zero-order valence-electron chi connectivity index (χ0n) is 5.59. The smallest absolute Gasteiger partial charge is 0.0284 e. The Morgan fingerprint density at radius 2 is 2.33 bits per heavy atom. The van der Waals surface area contributed by atoms with Crippen LogP contribution in [0.3, 0.4) is 0 Å². The van der Waals surface area contributed by atoms with E-state index in [1.54, 1.807) is 0 Å². The first-order valence-corrected chi connectivity index (χ1v) is 3.08. The lowest BCUT2D eigenvalue weighted by molar-refractivity contribution is 0.774. The normalized spacial score (nSPS) is 27.1. The van der Waals surface area contributed by atoms with Crippen molar-refractivity contribution in [2.24, 2.45) is 11.5 Å². The van der Waals surface area contributed by atoms with Gasteiger partial charge in [-0.2, -0.15) is 0 Å². The zero-order chi connectivity index (χ0) is 6.85. The molecule has 0 saturated carbocycles. The Bertz CT molecular complexity index is 168. The van der Waals surface area contributed by atoms with Crippen molar-refractivity contribution in [1.29, 1.82) is 0 Å². The van der Waals surface area contributed by atoms with Crippen LogP contribution in [-0.4, -0.2) is 6.04 Å². The van der Waals surface area contributed by atoms with Gasteiger partial charge in [0.2, 0.25) is 0 Å².